The Morgan fingerprint density at radius 1 is 1.23 bits per heavy atom. The van der Waals surface area contributed by atoms with E-state index >= 15 is 0 Å². The van der Waals surface area contributed by atoms with Gasteiger partial charge in [-0.15, -0.1) is 0 Å². The number of hydrogen-bond acceptors (Lipinski definition) is 4. The standard InChI is InChI=1S/C15H21NO5S/c1-3-4-5-8-22(20,21)10-14(17)16-12-7-6-11(2)13(9-12)15(18)19/h6-7,9H,3-5,8,10H2,1-2H3,(H,16,17)(H,18,19). The van der Waals surface area contributed by atoms with E-state index in [-0.39, 0.29) is 17.0 Å². The molecule has 0 fully saturated rings. The van der Waals surface area contributed by atoms with E-state index in [1.807, 2.05) is 6.92 Å². The SMILES string of the molecule is CCCCCS(=O)(=O)CC(=O)Nc1ccc(C)c(C(=O)O)c1. The topological polar surface area (TPSA) is 101 Å². The predicted molar refractivity (Wildman–Crippen MR) is 84.9 cm³/mol. The summed E-state index contributed by atoms with van der Waals surface area (Å²) in [4.78, 5) is 22.8. The molecule has 1 aromatic carbocycles. The highest BCUT2D eigenvalue weighted by molar-refractivity contribution is 7.92. The van der Waals surface area contributed by atoms with Gasteiger partial charge in [-0.2, -0.15) is 0 Å². The number of amides is 1. The third-order valence-corrected chi connectivity index (χ3v) is 4.77. The number of rotatable bonds is 8. The van der Waals surface area contributed by atoms with Crippen molar-refractivity contribution in [3.05, 3.63) is 29.3 Å². The minimum absolute atomic E-state index is 0.0114. The maximum atomic E-state index is 11.8. The molecule has 0 aliphatic rings. The molecule has 0 spiro atoms. The van der Waals surface area contributed by atoms with E-state index in [0.717, 1.165) is 12.8 Å². The van der Waals surface area contributed by atoms with Crippen LogP contribution in [0.1, 0.15) is 42.1 Å². The number of carboxylic acids is 1. The summed E-state index contributed by atoms with van der Waals surface area (Å²) < 4.78 is 23.6. The first-order valence-corrected chi connectivity index (χ1v) is 8.91. The highest BCUT2D eigenvalue weighted by Gasteiger charge is 2.17. The number of aryl methyl sites for hydroxylation is 1. The van der Waals surface area contributed by atoms with E-state index in [1.54, 1.807) is 19.1 Å². The van der Waals surface area contributed by atoms with Crippen LogP contribution in [-0.4, -0.2) is 36.9 Å². The average molecular weight is 327 g/mol. The molecule has 6 nitrogen and oxygen atoms in total. The highest BCUT2D eigenvalue weighted by Crippen LogP contribution is 2.15. The highest BCUT2D eigenvalue weighted by atomic mass is 32.2. The van der Waals surface area contributed by atoms with Crippen molar-refractivity contribution in [2.45, 2.75) is 33.1 Å². The molecular formula is C15H21NO5S. The predicted octanol–water partition coefficient (Wildman–Crippen LogP) is 2.24. The third kappa shape index (κ3) is 5.85. The Labute approximate surface area is 130 Å². The zero-order valence-electron chi connectivity index (χ0n) is 12.8. The van der Waals surface area contributed by atoms with Crippen LogP contribution in [0.5, 0.6) is 0 Å². The van der Waals surface area contributed by atoms with Crippen molar-refractivity contribution in [2.75, 3.05) is 16.8 Å². The minimum atomic E-state index is -3.44. The van der Waals surface area contributed by atoms with Crippen LogP contribution < -0.4 is 5.32 Å². The molecule has 22 heavy (non-hydrogen) atoms. The zero-order chi connectivity index (χ0) is 16.8. The van der Waals surface area contributed by atoms with Gasteiger partial charge in [-0.1, -0.05) is 25.8 Å². The first-order chi connectivity index (χ1) is 10.2. The van der Waals surface area contributed by atoms with Crippen LogP contribution in [0.3, 0.4) is 0 Å². The first-order valence-electron chi connectivity index (χ1n) is 7.09. The smallest absolute Gasteiger partial charge is 0.336 e. The summed E-state index contributed by atoms with van der Waals surface area (Å²) in [6.07, 6.45) is 2.25. The van der Waals surface area contributed by atoms with E-state index in [1.165, 1.54) is 6.07 Å². The average Bonchev–Trinajstić information content (AvgIpc) is 2.40. The van der Waals surface area contributed by atoms with Crippen LogP contribution in [-0.2, 0) is 14.6 Å². The lowest BCUT2D eigenvalue weighted by Gasteiger charge is -2.08. The Hall–Kier alpha value is -1.89. The van der Waals surface area contributed by atoms with Gasteiger partial charge in [-0.25, -0.2) is 13.2 Å². The summed E-state index contributed by atoms with van der Waals surface area (Å²) in [6, 6.07) is 4.43. The quantitative estimate of drug-likeness (QED) is 0.713. The lowest BCUT2D eigenvalue weighted by molar-refractivity contribution is -0.113. The molecule has 0 radical (unpaired) electrons. The van der Waals surface area contributed by atoms with Gasteiger partial charge in [0.2, 0.25) is 5.91 Å². The van der Waals surface area contributed by atoms with Crippen molar-refractivity contribution in [1.82, 2.24) is 0 Å². The number of aromatic carboxylic acids is 1. The fraction of sp³-hybridized carbons (Fsp3) is 0.467. The van der Waals surface area contributed by atoms with Gasteiger partial charge in [0.05, 0.1) is 11.3 Å². The summed E-state index contributed by atoms with van der Waals surface area (Å²) in [5.74, 6) is -2.35. The number of carbonyl (C=O) groups is 2. The molecule has 7 heteroatoms. The minimum Gasteiger partial charge on any atom is -0.478 e. The van der Waals surface area contributed by atoms with Gasteiger partial charge < -0.3 is 10.4 Å². The fourth-order valence-corrected chi connectivity index (χ4v) is 3.23. The maximum Gasteiger partial charge on any atom is 0.336 e. The fourth-order valence-electron chi connectivity index (χ4n) is 1.97. The van der Waals surface area contributed by atoms with Crippen molar-refractivity contribution < 1.29 is 23.1 Å². The lowest BCUT2D eigenvalue weighted by atomic mass is 10.1. The van der Waals surface area contributed by atoms with Crippen molar-refractivity contribution in [1.29, 1.82) is 0 Å². The molecule has 2 N–H and O–H groups in total. The maximum absolute atomic E-state index is 11.8. The van der Waals surface area contributed by atoms with Gasteiger partial charge in [0.15, 0.2) is 9.84 Å². The molecule has 0 saturated carbocycles. The Balaban J connectivity index is 2.69. The van der Waals surface area contributed by atoms with Crippen LogP contribution in [0, 0.1) is 6.92 Å². The van der Waals surface area contributed by atoms with E-state index in [2.05, 4.69) is 5.32 Å². The van der Waals surface area contributed by atoms with E-state index < -0.39 is 27.5 Å². The van der Waals surface area contributed by atoms with Gasteiger partial charge in [0, 0.05) is 5.69 Å². The monoisotopic (exact) mass is 327 g/mol. The van der Waals surface area contributed by atoms with Crippen LogP contribution in [0.2, 0.25) is 0 Å². The summed E-state index contributed by atoms with van der Waals surface area (Å²) in [5.41, 5.74) is 0.915. The molecule has 0 unspecified atom stereocenters. The number of hydrogen-bond donors (Lipinski definition) is 2. The van der Waals surface area contributed by atoms with Gasteiger partial charge in [-0.05, 0) is 31.0 Å². The molecule has 0 bridgehead atoms. The van der Waals surface area contributed by atoms with Gasteiger partial charge in [-0.3, -0.25) is 4.79 Å². The van der Waals surface area contributed by atoms with E-state index in [0.29, 0.717) is 12.0 Å². The summed E-state index contributed by atoms with van der Waals surface area (Å²) in [6.45, 7) is 3.62. The second-order valence-electron chi connectivity index (χ2n) is 5.18. The summed E-state index contributed by atoms with van der Waals surface area (Å²) >= 11 is 0. The molecule has 1 rings (SSSR count). The zero-order valence-corrected chi connectivity index (χ0v) is 13.6. The number of anilines is 1. The Morgan fingerprint density at radius 3 is 2.50 bits per heavy atom. The second-order valence-corrected chi connectivity index (χ2v) is 7.37. The number of nitrogens with one attached hydrogen (secondary N) is 1. The van der Waals surface area contributed by atoms with Crippen LogP contribution in [0.25, 0.3) is 0 Å². The number of sulfone groups is 1. The van der Waals surface area contributed by atoms with Crippen molar-refractivity contribution >= 4 is 27.4 Å². The molecule has 0 saturated heterocycles. The Morgan fingerprint density at radius 2 is 1.91 bits per heavy atom. The van der Waals surface area contributed by atoms with Crippen LogP contribution in [0.4, 0.5) is 5.69 Å². The lowest BCUT2D eigenvalue weighted by Crippen LogP contribution is -2.24. The van der Waals surface area contributed by atoms with Crippen molar-refractivity contribution in [3.8, 4) is 0 Å². The van der Waals surface area contributed by atoms with Crippen molar-refractivity contribution in [2.24, 2.45) is 0 Å². The van der Waals surface area contributed by atoms with Gasteiger partial charge in [0.25, 0.3) is 0 Å². The van der Waals surface area contributed by atoms with Crippen LogP contribution >= 0.6 is 0 Å². The van der Waals surface area contributed by atoms with Crippen LogP contribution in [0.15, 0.2) is 18.2 Å². The normalized spacial score (nSPS) is 11.2. The molecule has 0 atom stereocenters. The molecule has 0 heterocycles. The molecule has 0 aromatic heterocycles. The Kier molecular flexibility index (Phi) is 6.55. The Bertz CT molecular complexity index is 652. The number of benzene rings is 1. The molecule has 0 aliphatic carbocycles. The molecule has 122 valence electrons. The van der Waals surface area contributed by atoms with E-state index in [4.69, 9.17) is 5.11 Å². The van der Waals surface area contributed by atoms with Gasteiger partial charge in [0.1, 0.15) is 5.75 Å². The summed E-state index contributed by atoms with van der Waals surface area (Å²) in [7, 11) is -3.44. The first kappa shape index (κ1) is 18.2. The molecule has 1 amide bonds. The molecular weight excluding hydrogens is 306 g/mol. The number of carbonyl (C=O) groups excluding carboxylic acids is 1. The molecule has 1 aromatic rings. The van der Waals surface area contributed by atoms with Gasteiger partial charge >= 0.3 is 5.97 Å². The second kappa shape index (κ2) is 7.93. The summed E-state index contributed by atoms with van der Waals surface area (Å²) in [5, 5.41) is 11.5. The third-order valence-electron chi connectivity index (χ3n) is 3.16. The number of unbranched alkanes of at least 4 members (excludes halogenated alkanes) is 2. The van der Waals surface area contributed by atoms with E-state index in [9.17, 15) is 18.0 Å². The number of carboxylic acid groups (broad SMARTS) is 1. The van der Waals surface area contributed by atoms with Crippen molar-refractivity contribution in [3.63, 3.8) is 0 Å². The largest absolute Gasteiger partial charge is 0.478 e. The molecule has 0 aliphatic heterocycles.